The predicted octanol–water partition coefficient (Wildman–Crippen LogP) is 5.04. The van der Waals surface area contributed by atoms with Gasteiger partial charge in [-0.05, 0) is 75.1 Å². The van der Waals surface area contributed by atoms with Crippen LogP contribution in [0.5, 0.6) is 0 Å². The first-order valence-electron chi connectivity index (χ1n) is 10.7. The van der Waals surface area contributed by atoms with Crippen LogP contribution < -0.4 is 10.2 Å². The summed E-state index contributed by atoms with van der Waals surface area (Å²) < 4.78 is 2.14. The molecule has 0 unspecified atom stereocenters. The molecule has 4 rings (SSSR count). The van der Waals surface area contributed by atoms with E-state index in [0.717, 1.165) is 41.8 Å². The lowest BCUT2D eigenvalue weighted by Gasteiger charge is -2.32. The summed E-state index contributed by atoms with van der Waals surface area (Å²) in [6.45, 7) is 9.22. The summed E-state index contributed by atoms with van der Waals surface area (Å²) in [6, 6.07) is 16.1. The number of nitrogens with one attached hydrogen (secondary N) is 1. The maximum absolute atomic E-state index is 12.9. The maximum atomic E-state index is 12.9. The quantitative estimate of drug-likeness (QED) is 0.651. The van der Waals surface area contributed by atoms with Crippen LogP contribution in [-0.4, -0.2) is 28.5 Å². The zero-order chi connectivity index (χ0) is 21.1. The van der Waals surface area contributed by atoms with Crippen LogP contribution in [0.2, 0.25) is 0 Å². The van der Waals surface area contributed by atoms with Gasteiger partial charge >= 0.3 is 0 Å². The first kappa shape index (κ1) is 20.2. The van der Waals surface area contributed by atoms with E-state index in [-0.39, 0.29) is 5.91 Å². The maximum Gasteiger partial charge on any atom is 0.257 e. The number of rotatable bonds is 5. The number of anilines is 2. The topological polar surface area (TPSA) is 50.2 Å². The summed E-state index contributed by atoms with van der Waals surface area (Å²) in [5.74, 6) is 0.742. The number of hydrogen-bond acceptors (Lipinski definition) is 3. The van der Waals surface area contributed by atoms with Crippen molar-refractivity contribution in [3.63, 3.8) is 0 Å². The SMILES string of the molecule is Cc1cc(C(=O)Nc2ccc(N3CCC(C)CC3)cc2)c(C)n1Cc1ccccn1. The summed E-state index contributed by atoms with van der Waals surface area (Å²) in [4.78, 5) is 19.8. The summed E-state index contributed by atoms with van der Waals surface area (Å²) in [7, 11) is 0. The molecule has 3 aromatic rings. The van der Waals surface area contributed by atoms with Crippen molar-refractivity contribution in [2.75, 3.05) is 23.3 Å². The fraction of sp³-hybridized carbons (Fsp3) is 0.360. The molecule has 3 heterocycles. The first-order chi connectivity index (χ1) is 14.5. The van der Waals surface area contributed by atoms with Gasteiger partial charge in [-0.2, -0.15) is 0 Å². The highest BCUT2D eigenvalue weighted by atomic mass is 16.1. The number of piperidine rings is 1. The van der Waals surface area contributed by atoms with Gasteiger partial charge in [-0.15, -0.1) is 0 Å². The standard InChI is InChI=1S/C25H30N4O/c1-18-11-14-28(15-12-18)23-9-7-21(8-10-23)27-25(30)24-16-19(2)29(20(24)3)17-22-6-4-5-13-26-22/h4-10,13,16,18H,11-12,14-15,17H2,1-3H3,(H,27,30). The third-order valence-electron chi connectivity index (χ3n) is 6.14. The van der Waals surface area contributed by atoms with E-state index in [1.807, 2.05) is 50.2 Å². The molecule has 1 aliphatic heterocycles. The number of benzene rings is 1. The highest BCUT2D eigenvalue weighted by Crippen LogP contribution is 2.25. The van der Waals surface area contributed by atoms with Gasteiger partial charge < -0.3 is 14.8 Å². The number of carbonyl (C=O) groups is 1. The van der Waals surface area contributed by atoms with Gasteiger partial charge in [0.15, 0.2) is 0 Å². The molecule has 5 heteroatoms. The van der Waals surface area contributed by atoms with Gasteiger partial charge in [-0.25, -0.2) is 0 Å². The van der Waals surface area contributed by atoms with Gasteiger partial charge in [-0.1, -0.05) is 13.0 Å². The molecule has 0 spiro atoms. The monoisotopic (exact) mass is 402 g/mol. The number of carbonyl (C=O) groups excluding carboxylic acids is 1. The van der Waals surface area contributed by atoms with E-state index in [9.17, 15) is 4.79 Å². The van der Waals surface area contributed by atoms with Crippen molar-refractivity contribution in [3.05, 3.63) is 77.4 Å². The molecule has 1 aliphatic rings. The minimum Gasteiger partial charge on any atom is -0.372 e. The number of pyridine rings is 1. The number of aryl methyl sites for hydroxylation is 1. The van der Waals surface area contributed by atoms with Crippen LogP contribution in [0.4, 0.5) is 11.4 Å². The first-order valence-corrected chi connectivity index (χ1v) is 10.7. The Labute approximate surface area is 178 Å². The normalized spacial score (nSPS) is 14.7. The Morgan fingerprint density at radius 1 is 1.10 bits per heavy atom. The summed E-state index contributed by atoms with van der Waals surface area (Å²) in [5, 5.41) is 3.05. The zero-order valence-corrected chi connectivity index (χ0v) is 18.1. The van der Waals surface area contributed by atoms with E-state index in [1.165, 1.54) is 18.5 Å². The smallest absolute Gasteiger partial charge is 0.257 e. The van der Waals surface area contributed by atoms with Crippen LogP contribution in [0.3, 0.4) is 0 Å². The molecule has 2 aromatic heterocycles. The third kappa shape index (κ3) is 4.40. The van der Waals surface area contributed by atoms with Crippen molar-refractivity contribution in [2.24, 2.45) is 5.92 Å². The molecule has 156 valence electrons. The molecule has 30 heavy (non-hydrogen) atoms. The molecule has 0 aliphatic carbocycles. The summed E-state index contributed by atoms with van der Waals surface area (Å²) in [5.41, 5.74) is 5.75. The van der Waals surface area contributed by atoms with Crippen LogP contribution in [0.25, 0.3) is 0 Å². The second-order valence-electron chi connectivity index (χ2n) is 8.36. The average molecular weight is 403 g/mol. The molecule has 1 amide bonds. The highest BCUT2D eigenvalue weighted by Gasteiger charge is 2.18. The Morgan fingerprint density at radius 3 is 2.50 bits per heavy atom. The molecule has 0 bridgehead atoms. The average Bonchev–Trinajstić information content (AvgIpc) is 3.04. The van der Waals surface area contributed by atoms with Gasteiger partial charge in [0, 0.05) is 42.0 Å². The Kier molecular flexibility index (Phi) is 5.88. The van der Waals surface area contributed by atoms with Gasteiger partial charge in [0.1, 0.15) is 0 Å². The number of nitrogens with zero attached hydrogens (tertiary/aromatic N) is 3. The van der Waals surface area contributed by atoms with Crippen molar-refractivity contribution in [1.82, 2.24) is 9.55 Å². The molecule has 1 aromatic carbocycles. The Morgan fingerprint density at radius 2 is 1.83 bits per heavy atom. The molecule has 1 fully saturated rings. The minimum atomic E-state index is -0.0741. The molecule has 1 saturated heterocycles. The zero-order valence-electron chi connectivity index (χ0n) is 18.1. The van der Waals surface area contributed by atoms with Crippen LogP contribution in [0, 0.1) is 19.8 Å². The molecule has 1 N–H and O–H groups in total. The van der Waals surface area contributed by atoms with Gasteiger partial charge in [0.25, 0.3) is 5.91 Å². The van der Waals surface area contributed by atoms with Crippen LogP contribution in [0.15, 0.2) is 54.7 Å². The molecule has 0 radical (unpaired) electrons. The second-order valence-corrected chi connectivity index (χ2v) is 8.36. The van der Waals surface area contributed by atoms with E-state index in [2.05, 4.69) is 38.8 Å². The molecule has 0 saturated carbocycles. The Hall–Kier alpha value is -3.08. The minimum absolute atomic E-state index is 0.0741. The Balaban J connectivity index is 1.44. The van der Waals surface area contributed by atoms with Crippen molar-refractivity contribution < 1.29 is 4.79 Å². The molecular formula is C25H30N4O. The highest BCUT2D eigenvalue weighted by molar-refractivity contribution is 6.05. The van der Waals surface area contributed by atoms with Crippen molar-refractivity contribution in [1.29, 1.82) is 0 Å². The van der Waals surface area contributed by atoms with E-state index in [4.69, 9.17) is 0 Å². The Bertz CT molecular complexity index is 1000. The van der Waals surface area contributed by atoms with E-state index in [1.54, 1.807) is 6.20 Å². The van der Waals surface area contributed by atoms with Crippen molar-refractivity contribution >= 4 is 17.3 Å². The second kappa shape index (κ2) is 8.74. The number of aromatic nitrogens is 2. The fourth-order valence-electron chi connectivity index (χ4n) is 4.15. The van der Waals surface area contributed by atoms with E-state index in [0.29, 0.717) is 12.1 Å². The van der Waals surface area contributed by atoms with Crippen LogP contribution >= 0.6 is 0 Å². The molecule has 0 atom stereocenters. The number of amides is 1. The van der Waals surface area contributed by atoms with Gasteiger partial charge in [0.2, 0.25) is 0 Å². The summed E-state index contributed by atoms with van der Waals surface area (Å²) in [6.07, 6.45) is 4.28. The van der Waals surface area contributed by atoms with E-state index < -0.39 is 0 Å². The predicted molar refractivity (Wildman–Crippen MR) is 122 cm³/mol. The van der Waals surface area contributed by atoms with Crippen molar-refractivity contribution in [3.8, 4) is 0 Å². The molecule has 5 nitrogen and oxygen atoms in total. The lowest BCUT2D eigenvalue weighted by Crippen LogP contribution is -2.32. The van der Waals surface area contributed by atoms with E-state index >= 15 is 0 Å². The van der Waals surface area contributed by atoms with Gasteiger partial charge in [-0.3, -0.25) is 9.78 Å². The lowest BCUT2D eigenvalue weighted by molar-refractivity contribution is 0.102. The van der Waals surface area contributed by atoms with Crippen LogP contribution in [0.1, 0.15) is 47.2 Å². The largest absolute Gasteiger partial charge is 0.372 e. The molecular weight excluding hydrogens is 372 g/mol. The third-order valence-corrected chi connectivity index (χ3v) is 6.14. The number of hydrogen-bond donors (Lipinski definition) is 1. The lowest BCUT2D eigenvalue weighted by atomic mass is 9.99. The fourth-order valence-corrected chi connectivity index (χ4v) is 4.15. The van der Waals surface area contributed by atoms with Crippen molar-refractivity contribution in [2.45, 2.75) is 40.2 Å². The summed E-state index contributed by atoms with van der Waals surface area (Å²) >= 11 is 0. The van der Waals surface area contributed by atoms with Crippen LogP contribution in [-0.2, 0) is 6.54 Å². The van der Waals surface area contributed by atoms with Gasteiger partial charge in [0.05, 0.1) is 17.8 Å².